The summed E-state index contributed by atoms with van der Waals surface area (Å²) in [6, 6.07) is 9.92. The molecule has 1 amide bonds. The van der Waals surface area contributed by atoms with Crippen LogP contribution in [0.1, 0.15) is 41.8 Å². The monoisotopic (exact) mass is 508 g/mol. The molecule has 12 heteroatoms. The molecule has 1 aromatic carbocycles. The van der Waals surface area contributed by atoms with Crippen LogP contribution in [0.2, 0.25) is 0 Å². The van der Waals surface area contributed by atoms with Crippen molar-refractivity contribution in [2.24, 2.45) is 5.92 Å². The summed E-state index contributed by atoms with van der Waals surface area (Å²) < 4.78 is 32.6. The molecule has 0 radical (unpaired) electrons. The van der Waals surface area contributed by atoms with Crippen molar-refractivity contribution >= 4 is 28.2 Å². The van der Waals surface area contributed by atoms with Gasteiger partial charge in [0.15, 0.2) is 27.3 Å². The Balaban J connectivity index is 0.00000324. The number of rotatable bonds is 7. The quantitative estimate of drug-likeness (QED) is 0.478. The van der Waals surface area contributed by atoms with Crippen LogP contribution < -0.4 is 0 Å². The van der Waals surface area contributed by atoms with Gasteiger partial charge >= 0.3 is 0 Å². The molecule has 4 rings (SSSR count). The first-order valence-corrected chi connectivity index (χ1v) is 12.5. The van der Waals surface area contributed by atoms with Crippen molar-refractivity contribution in [1.82, 2.24) is 30.0 Å². The minimum atomic E-state index is -3.62. The number of aryl methyl sites for hydroxylation is 1. The Bertz CT molecular complexity index is 1190. The molecule has 1 unspecified atom stereocenters. The maximum absolute atomic E-state index is 13.0. The number of carbonyl (C=O) groups is 1. The van der Waals surface area contributed by atoms with Crippen LogP contribution in [0.4, 0.5) is 0 Å². The van der Waals surface area contributed by atoms with E-state index in [9.17, 15) is 13.2 Å². The highest BCUT2D eigenvalue weighted by Crippen LogP contribution is 2.29. The Morgan fingerprint density at radius 3 is 2.35 bits per heavy atom. The van der Waals surface area contributed by atoms with Crippen molar-refractivity contribution < 1.29 is 17.6 Å². The maximum Gasteiger partial charge on any atom is 0.289 e. The van der Waals surface area contributed by atoms with Crippen LogP contribution in [0, 0.1) is 12.8 Å². The van der Waals surface area contributed by atoms with E-state index < -0.39 is 9.84 Å². The minimum absolute atomic E-state index is 0. The van der Waals surface area contributed by atoms with Crippen LogP contribution in [-0.4, -0.2) is 70.5 Å². The number of hydrogen-bond acceptors (Lipinski definition) is 8. The number of nitrogens with zero attached hydrogens (tertiary/aromatic N) is 6. The topological polar surface area (TPSA) is 114 Å². The molecular weight excluding hydrogens is 480 g/mol. The van der Waals surface area contributed by atoms with Crippen molar-refractivity contribution in [2.45, 2.75) is 37.6 Å². The fourth-order valence-electron chi connectivity index (χ4n) is 4.14. The van der Waals surface area contributed by atoms with E-state index >= 15 is 0 Å². The van der Waals surface area contributed by atoms with Crippen LogP contribution in [0.5, 0.6) is 0 Å². The fourth-order valence-corrected chi connectivity index (χ4v) is 5.34. The average Bonchev–Trinajstić information content (AvgIpc) is 3.47. The van der Waals surface area contributed by atoms with Crippen LogP contribution in [0.3, 0.4) is 0 Å². The van der Waals surface area contributed by atoms with Crippen LogP contribution in [0.15, 0.2) is 52.0 Å². The zero-order chi connectivity index (χ0) is 23.6. The van der Waals surface area contributed by atoms with E-state index in [-0.39, 0.29) is 41.0 Å². The van der Waals surface area contributed by atoms with Gasteiger partial charge in [0, 0.05) is 26.2 Å². The van der Waals surface area contributed by atoms with Gasteiger partial charge in [0.25, 0.3) is 5.91 Å². The molecule has 1 atom stereocenters. The molecule has 0 spiro atoms. The molecular formula is C22H29ClN6O4S. The number of halogens is 1. The maximum atomic E-state index is 13.0. The summed E-state index contributed by atoms with van der Waals surface area (Å²) in [6.07, 6.45) is 1.49. The number of amides is 1. The summed E-state index contributed by atoms with van der Waals surface area (Å²) in [5.74, 6) is 0.498. The molecule has 3 aromatic rings. The van der Waals surface area contributed by atoms with E-state index in [4.69, 9.17) is 4.42 Å². The van der Waals surface area contributed by atoms with Gasteiger partial charge in [-0.15, -0.1) is 17.5 Å². The largest absolute Gasteiger partial charge is 0.459 e. The van der Waals surface area contributed by atoms with E-state index in [0.29, 0.717) is 37.8 Å². The number of aromatic nitrogens is 4. The Kier molecular flexibility index (Phi) is 8.11. The predicted octanol–water partition coefficient (Wildman–Crippen LogP) is 2.58. The molecule has 34 heavy (non-hydrogen) atoms. The van der Waals surface area contributed by atoms with Gasteiger partial charge in [-0.1, -0.05) is 31.5 Å². The normalized spacial score (nSPS) is 15.8. The summed E-state index contributed by atoms with van der Waals surface area (Å²) in [6.45, 7) is 8.32. The fraction of sp³-hybridized carbons (Fsp3) is 0.455. The van der Waals surface area contributed by atoms with Crippen molar-refractivity contribution in [3.05, 3.63) is 59.8 Å². The first-order valence-electron chi connectivity index (χ1n) is 10.9. The summed E-state index contributed by atoms with van der Waals surface area (Å²) in [5.41, 5.74) is 0.988. The lowest BCUT2D eigenvalue weighted by atomic mass is 10.0. The van der Waals surface area contributed by atoms with E-state index in [1.54, 1.807) is 41.3 Å². The molecule has 1 aliphatic heterocycles. The van der Waals surface area contributed by atoms with Gasteiger partial charge < -0.3 is 9.32 Å². The Morgan fingerprint density at radius 2 is 1.76 bits per heavy atom. The molecule has 0 saturated carbocycles. The average molecular weight is 509 g/mol. The van der Waals surface area contributed by atoms with Gasteiger partial charge in [-0.25, -0.2) is 13.1 Å². The molecule has 1 fully saturated rings. The zero-order valence-corrected chi connectivity index (χ0v) is 21.0. The SMILES string of the molecule is Cc1ccc(S(=O)(=O)Cn2nnnc2C(C(C)C)N2CCN(C(=O)c3ccco3)CC2)cc1.Cl. The second-order valence-electron chi connectivity index (χ2n) is 8.59. The third-order valence-corrected chi connectivity index (χ3v) is 7.43. The summed E-state index contributed by atoms with van der Waals surface area (Å²) in [7, 11) is -3.62. The number of carbonyl (C=O) groups excluding carboxylic acids is 1. The summed E-state index contributed by atoms with van der Waals surface area (Å²) in [5, 5.41) is 12.0. The first-order chi connectivity index (χ1) is 15.8. The first kappa shape index (κ1) is 25.9. The van der Waals surface area contributed by atoms with E-state index in [0.717, 1.165) is 5.56 Å². The van der Waals surface area contributed by atoms with E-state index in [1.165, 1.54) is 10.9 Å². The Hall–Kier alpha value is -2.76. The highest BCUT2D eigenvalue weighted by molar-refractivity contribution is 7.90. The molecule has 0 aliphatic carbocycles. The number of hydrogen-bond donors (Lipinski definition) is 0. The number of tetrazole rings is 1. The number of sulfone groups is 1. The van der Waals surface area contributed by atoms with Crippen molar-refractivity contribution in [1.29, 1.82) is 0 Å². The third-order valence-electron chi connectivity index (χ3n) is 5.85. The molecule has 1 aliphatic rings. The Morgan fingerprint density at radius 1 is 1.09 bits per heavy atom. The molecule has 3 heterocycles. The predicted molar refractivity (Wildman–Crippen MR) is 127 cm³/mol. The van der Waals surface area contributed by atoms with Gasteiger partial charge in [0.2, 0.25) is 0 Å². The molecule has 0 bridgehead atoms. The van der Waals surface area contributed by atoms with Crippen molar-refractivity contribution in [2.75, 3.05) is 26.2 Å². The second kappa shape index (κ2) is 10.7. The molecule has 2 aromatic heterocycles. The van der Waals surface area contributed by atoms with Crippen LogP contribution in [0.25, 0.3) is 0 Å². The van der Waals surface area contributed by atoms with Gasteiger partial charge in [-0.05, 0) is 47.5 Å². The van der Waals surface area contributed by atoms with Crippen LogP contribution >= 0.6 is 12.4 Å². The second-order valence-corrected chi connectivity index (χ2v) is 10.5. The number of benzene rings is 1. The molecule has 10 nitrogen and oxygen atoms in total. The highest BCUT2D eigenvalue weighted by atomic mass is 35.5. The standard InChI is InChI=1S/C22H28N6O4S.ClH/c1-16(2)20(26-10-12-27(13-11-26)22(29)19-5-4-14-32-19)21-23-24-25-28(21)15-33(30,31)18-8-6-17(3)7-9-18;/h4-9,14,16,20H,10-13,15H2,1-3H3;1H. The summed E-state index contributed by atoms with van der Waals surface area (Å²) in [4.78, 5) is 16.8. The lowest BCUT2D eigenvalue weighted by Crippen LogP contribution is -2.50. The molecule has 0 N–H and O–H groups in total. The van der Waals surface area contributed by atoms with Crippen molar-refractivity contribution in [3.63, 3.8) is 0 Å². The van der Waals surface area contributed by atoms with Gasteiger partial charge in [-0.2, -0.15) is 0 Å². The molecule has 1 saturated heterocycles. The lowest BCUT2D eigenvalue weighted by molar-refractivity contribution is 0.0465. The van der Waals surface area contributed by atoms with Crippen LogP contribution in [-0.2, 0) is 15.7 Å². The van der Waals surface area contributed by atoms with Crippen molar-refractivity contribution in [3.8, 4) is 0 Å². The number of piperazine rings is 1. The zero-order valence-electron chi connectivity index (χ0n) is 19.4. The van der Waals surface area contributed by atoms with E-state index in [2.05, 4.69) is 34.3 Å². The van der Waals surface area contributed by atoms with Gasteiger partial charge in [0.1, 0.15) is 0 Å². The minimum Gasteiger partial charge on any atom is -0.459 e. The molecule has 184 valence electrons. The highest BCUT2D eigenvalue weighted by Gasteiger charge is 2.34. The lowest BCUT2D eigenvalue weighted by Gasteiger charge is -2.39. The summed E-state index contributed by atoms with van der Waals surface area (Å²) >= 11 is 0. The number of furan rings is 1. The van der Waals surface area contributed by atoms with Gasteiger partial charge in [-0.3, -0.25) is 9.69 Å². The van der Waals surface area contributed by atoms with E-state index in [1.807, 2.05) is 6.92 Å². The smallest absolute Gasteiger partial charge is 0.289 e. The third kappa shape index (κ3) is 5.48. The Labute approximate surface area is 205 Å². The van der Waals surface area contributed by atoms with Gasteiger partial charge in [0.05, 0.1) is 17.2 Å².